The molecule has 0 saturated heterocycles. The monoisotopic (exact) mass is 632 g/mol. The van der Waals surface area contributed by atoms with Crippen molar-refractivity contribution in [2.75, 3.05) is 0 Å². The molecule has 0 aliphatic heterocycles. The van der Waals surface area contributed by atoms with Gasteiger partial charge >= 0.3 is 0 Å². The second kappa shape index (κ2) is 11.6. The molecule has 0 nitrogen and oxygen atoms in total. The first-order valence-corrected chi connectivity index (χ1v) is 17.4. The Bertz CT molecular complexity index is 2890. The molecule has 0 fully saturated rings. The second-order valence-corrected chi connectivity index (χ2v) is 13.2. The van der Waals surface area contributed by atoms with E-state index in [9.17, 15) is 0 Å². The lowest BCUT2D eigenvalue weighted by atomic mass is 9.81. The molecule has 0 saturated carbocycles. The Morgan fingerprint density at radius 3 is 1.10 bits per heavy atom. The molecule has 10 aromatic carbocycles. The Morgan fingerprint density at radius 2 is 0.540 bits per heavy atom. The molecule has 0 unspecified atom stereocenters. The summed E-state index contributed by atoms with van der Waals surface area (Å²) in [7, 11) is 0. The van der Waals surface area contributed by atoms with Crippen molar-refractivity contribution < 1.29 is 0 Å². The first kappa shape index (κ1) is 28.5. The van der Waals surface area contributed by atoms with E-state index < -0.39 is 0 Å². The predicted molar refractivity (Wildman–Crippen MR) is 216 cm³/mol. The molecule has 0 radical (unpaired) electrons. The zero-order valence-corrected chi connectivity index (χ0v) is 27.5. The van der Waals surface area contributed by atoms with Crippen LogP contribution in [0.15, 0.2) is 194 Å². The van der Waals surface area contributed by atoms with Crippen LogP contribution in [0.5, 0.6) is 0 Å². The molecule has 0 atom stereocenters. The average molecular weight is 633 g/mol. The Labute approximate surface area is 291 Å². The van der Waals surface area contributed by atoms with E-state index in [0.717, 1.165) is 0 Å². The van der Waals surface area contributed by atoms with Gasteiger partial charge in [0.2, 0.25) is 0 Å². The normalized spacial score (nSPS) is 11.6. The van der Waals surface area contributed by atoms with E-state index in [-0.39, 0.29) is 0 Å². The van der Waals surface area contributed by atoms with Gasteiger partial charge in [-0.1, -0.05) is 194 Å². The first-order valence-electron chi connectivity index (χ1n) is 17.4. The number of hydrogen-bond acceptors (Lipinski definition) is 0. The van der Waals surface area contributed by atoms with E-state index >= 15 is 0 Å². The maximum absolute atomic E-state index is 2.33. The van der Waals surface area contributed by atoms with Crippen LogP contribution in [0.25, 0.3) is 98.4 Å². The summed E-state index contributed by atoms with van der Waals surface area (Å²) >= 11 is 0. The van der Waals surface area contributed by atoms with Crippen molar-refractivity contribution in [2.45, 2.75) is 0 Å². The van der Waals surface area contributed by atoms with Crippen molar-refractivity contribution in [3.8, 4) is 44.5 Å². The molecular formula is C50H32. The minimum absolute atomic E-state index is 1.21. The van der Waals surface area contributed by atoms with Crippen LogP contribution in [0.2, 0.25) is 0 Å². The summed E-state index contributed by atoms with van der Waals surface area (Å²) in [5.74, 6) is 0. The summed E-state index contributed by atoms with van der Waals surface area (Å²) in [4.78, 5) is 0. The van der Waals surface area contributed by atoms with Crippen LogP contribution in [-0.4, -0.2) is 0 Å². The fourth-order valence-electron chi connectivity index (χ4n) is 8.23. The van der Waals surface area contributed by atoms with Crippen molar-refractivity contribution in [1.29, 1.82) is 0 Å². The number of fused-ring (bicyclic) bond motifs is 5. The van der Waals surface area contributed by atoms with Crippen LogP contribution in [-0.2, 0) is 0 Å². The molecule has 0 heterocycles. The Kier molecular flexibility index (Phi) is 6.60. The standard InChI is InChI=1S/C50H32/c1-4-19-38-33(13-1)16-9-24-39(38)36-29-31-37(32-30-36)42-25-12-28-47-48(43-26-10-17-34-14-2-5-20-40(34)43)45-22-7-8-23-46(45)50(49(42)47)44-27-11-18-35-15-3-6-21-41(35)44/h1-32H. The fourth-order valence-corrected chi connectivity index (χ4v) is 8.23. The summed E-state index contributed by atoms with van der Waals surface area (Å²) < 4.78 is 0. The Morgan fingerprint density at radius 1 is 0.200 bits per heavy atom. The van der Waals surface area contributed by atoms with Gasteiger partial charge in [0.15, 0.2) is 0 Å². The lowest BCUT2D eigenvalue weighted by Gasteiger charge is -2.22. The van der Waals surface area contributed by atoms with Crippen molar-refractivity contribution in [3.05, 3.63) is 194 Å². The molecule has 232 valence electrons. The van der Waals surface area contributed by atoms with Gasteiger partial charge in [-0.15, -0.1) is 0 Å². The average Bonchev–Trinajstić information content (AvgIpc) is 3.19. The molecule has 0 bridgehead atoms. The quantitative estimate of drug-likeness (QED) is 0.169. The molecule has 50 heavy (non-hydrogen) atoms. The van der Waals surface area contributed by atoms with Crippen LogP contribution in [0.3, 0.4) is 0 Å². The van der Waals surface area contributed by atoms with Gasteiger partial charge in [0.1, 0.15) is 0 Å². The highest BCUT2D eigenvalue weighted by Gasteiger charge is 2.21. The van der Waals surface area contributed by atoms with E-state index in [4.69, 9.17) is 0 Å². The minimum Gasteiger partial charge on any atom is -0.0616 e. The number of hydrogen-bond donors (Lipinski definition) is 0. The minimum atomic E-state index is 1.21. The molecular weight excluding hydrogens is 601 g/mol. The van der Waals surface area contributed by atoms with Gasteiger partial charge in [-0.25, -0.2) is 0 Å². The van der Waals surface area contributed by atoms with Crippen molar-refractivity contribution >= 4 is 53.9 Å². The van der Waals surface area contributed by atoms with Crippen molar-refractivity contribution in [1.82, 2.24) is 0 Å². The molecule has 0 N–H and O–H groups in total. The van der Waals surface area contributed by atoms with E-state index in [0.29, 0.717) is 0 Å². The third-order valence-electron chi connectivity index (χ3n) is 10.5. The maximum atomic E-state index is 2.33. The largest absolute Gasteiger partial charge is 0.0616 e. The molecule has 10 rings (SSSR count). The van der Waals surface area contributed by atoms with E-state index in [2.05, 4.69) is 194 Å². The van der Waals surface area contributed by atoms with Gasteiger partial charge in [-0.2, -0.15) is 0 Å². The van der Waals surface area contributed by atoms with Crippen LogP contribution < -0.4 is 0 Å². The summed E-state index contributed by atoms with van der Waals surface area (Å²) in [6, 6.07) is 71.3. The first-order chi connectivity index (χ1) is 24.8. The highest BCUT2D eigenvalue weighted by atomic mass is 14.2. The molecule has 0 spiro atoms. The summed E-state index contributed by atoms with van der Waals surface area (Å²) in [6.07, 6.45) is 0. The summed E-state index contributed by atoms with van der Waals surface area (Å²) in [5, 5.41) is 12.6. The molecule has 0 heteroatoms. The Balaban J connectivity index is 1.32. The van der Waals surface area contributed by atoms with Gasteiger partial charge in [0.25, 0.3) is 0 Å². The van der Waals surface area contributed by atoms with Crippen LogP contribution in [0, 0.1) is 0 Å². The van der Waals surface area contributed by atoms with Crippen LogP contribution in [0.1, 0.15) is 0 Å². The van der Waals surface area contributed by atoms with Crippen molar-refractivity contribution in [3.63, 3.8) is 0 Å². The summed E-state index contributed by atoms with van der Waals surface area (Å²) in [6.45, 7) is 0. The third kappa shape index (κ3) is 4.46. The zero-order valence-electron chi connectivity index (χ0n) is 27.5. The fraction of sp³-hybridized carbons (Fsp3) is 0. The number of benzene rings is 10. The maximum Gasteiger partial charge on any atom is -0.00139 e. The summed E-state index contributed by atoms with van der Waals surface area (Å²) in [5.41, 5.74) is 10.0. The Hall–Kier alpha value is -6.50. The topological polar surface area (TPSA) is 0 Å². The van der Waals surface area contributed by atoms with Gasteiger partial charge in [0, 0.05) is 0 Å². The number of rotatable bonds is 4. The highest BCUT2D eigenvalue weighted by molar-refractivity contribution is 6.28. The van der Waals surface area contributed by atoms with E-state index in [1.807, 2.05) is 0 Å². The lowest BCUT2D eigenvalue weighted by molar-refractivity contribution is 1.62. The third-order valence-corrected chi connectivity index (χ3v) is 10.5. The van der Waals surface area contributed by atoms with Gasteiger partial charge < -0.3 is 0 Å². The predicted octanol–water partition coefficient (Wildman–Crippen LogP) is 14.1. The van der Waals surface area contributed by atoms with Gasteiger partial charge in [-0.3, -0.25) is 0 Å². The molecule has 0 amide bonds. The zero-order chi connectivity index (χ0) is 33.0. The molecule has 0 aliphatic carbocycles. The molecule has 0 aliphatic rings. The smallest absolute Gasteiger partial charge is 0.00139 e. The highest BCUT2D eigenvalue weighted by Crippen LogP contribution is 2.49. The molecule has 0 aromatic heterocycles. The molecule has 10 aromatic rings. The second-order valence-electron chi connectivity index (χ2n) is 13.2. The van der Waals surface area contributed by atoms with E-state index in [1.165, 1.54) is 98.4 Å². The van der Waals surface area contributed by atoms with Crippen LogP contribution >= 0.6 is 0 Å². The van der Waals surface area contributed by atoms with Crippen molar-refractivity contribution in [2.24, 2.45) is 0 Å². The SMILES string of the molecule is c1ccc2c(-c3ccc(-c4cccc5c(-c6cccc7ccccc67)c6ccccc6c(-c6cccc7ccccc67)c45)cc3)cccc2c1. The van der Waals surface area contributed by atoms with Gasteiger partial charge in [0.05, 0.1) is 0 Å². The lowest BCUT2D eigenvalue weighted by Crippen LogP contribution is -1.94. The van der Waals surface area contributed by atoms with Gasteiger partial charge in [-0.05, 0) is 98.4 Å². The van der Waals surface area contributed by atoms with Crippen LogP contribution in [0.4, 0.5) is 0 Å². The van der Waals surface area contributed by atoms with E-state index in [1.54, 1.807) is 0 Å².